The molecular formula is C10H14N2OS. The summed E-state index contributed by atoms with van der Waals surface area (Å²) in [6.45, 7) is 0.617. The lowest BCUT2D eigenvalue weighted by molar-refractivity contribution is 0.416. The summed E-state index contributed by atoms with van der Waals surface area (Å²) < 4.78 is 5.19. The largest absolute Gasteiger partial charge is 0.495 e. The Morgan fingerprint density at radius 1 is 1.43 bits per heavy atom. The maximum absolute atomic E-state index is 5.19. The zero-order valence-electron chi connectivity index (χ0n) is 8.33. The summed E-state index contributed by atoms with van der Waals surface area (Å²) >= 11 is 5.02. The molecule has 0 spiro atoms. The molecule has 0 atom stereocenters. The minimum atomic E-state index is 0.617. The van der Waals surface area contributed by atoms with Gasteiger partial charge in [-0.3, -0.25) is 0 Å². The van der Waals surface area contributed by atoms with E-state index >= 15 is 0 Å². The van der Waals surface area contributed by atoms with Gasteiger partial charge in [-0.25, -0.2) is 0 Å². The van der Waals surface area contributed by atoms with Crippen LogP contribution in [0.2, 0.25) is 0 Å². The summed E-state index contributed by atoms with van der Waals surface area (Å²) in [7, 11) is 3.46. The first kappa shape index (κ1) is 10.8. The summed E-state index contributed by atoms with van der Waals surface area (Å²) in [5.41, 5.74) is 0.951. The van der Waals surface area contributed by atoms with E-state index in [0.29, 0.717) is 6.54 Å². The van der Waals surface area contributed by atoms with Gasteiger partial charge in [-0.15, -0.1) is 0 Å². The second-order valence-corrected chi connectivity index (χ2v) is 3.22. The maximum Gasteiger partial charge on any atom is 0.141 e. The van der Waals surface area contributed by atoms with Crippen molar-refractivity contribution in [2.75, 3.05) is 26.0 Å². The van der Waals surface area contributed by atoms with Crippen LogP contribution in [0.1, 0.15) is 0 Å². The van der Waals surface area contributed by atoms with E-state index in [4.69, 9.17) is 17.0 Å². The topological polar surface area (TPSA) is 33.3 Å². The minimum absolute atomic E-state index is 0.617. The third-order valence-electron chi connectivity index (χ3n) is 1.83. The third-order valence-corrected chi connectivity index (χ3v) is 2.17. The average Bonchev–Trinajstić information content (AvgIpc) is 2.26. The van der Waals surface area contributed by atoms with Gasteiger partial charge in [0.2, 0.25) is 0 Å². The molecule has 3 nitrogen and oxygen atoms in total. The van der Waals surface area contributed by atoms with Crippen LogP contribution in [0.3, 0.4) is 0 Å². The van der Waals surface area contributed by atoms with Crippen LogP contribution < -0.4 is 15.4 Å². The lowest BCUT2D eigenvalue weighted by Crippen LogP contribution is -2.24. The normalized spacial score (nSPS) is 9.29. The van der Waals surface area contributed by atoms with Gasteiger partial charge in [0.25, 0.3) is 0 Å². The molecule has 0 aliphatic rings. The molecule has 0 heterocycles. The van der Waals surface area contributed by atoms with Gasteiger partial charge in [0.15, 0.2) is 0 Å². The Balaban J connectivity index is 2.61. The third kappa shape index (κ3) is 2.88. The fourth-order valence-corrected chi connectivity index (χ4v) is 1.13. The van der Waals surface area contributed by atoms with Gasteiger partial charge < -0.3 is 15.4 Å². The molecule has 1 aromatic rings. The van der Waals surface area contributed by atoms with Crippen molar-refractivity contribution in [3.63, 3.8) is 0 Å². The summed E-state index contributed by atoms with van der Waals surface area (Å²) in [6, 6.07) is 7.75. The highest BCUT2D eigenvalue weighted by molar-refractivity contribution is 7.80. The molecule has 0 aliphatic carbocycles. The van der Waals surface area contributed by atoms with Gasteiger partial charge in [-0.1, -0.05) is 24.4 Å². The molecule has 76 valence electrons. The number of ether oxygens (including phenoxy) is 1. The van der Waals surface area contributed by atoms with E-state index in [1.165, 1.54) is 0 Å². The first-order valence-corrected chi connectivity index (χ1v) is 4.76. The average molecular weight is 210 g/mol. The number of likely N-dealkylation sites (N-methyl/N-ethyl adjacent to an activating group) is 1. The number of anilines is 1. The van der Waals surface area contributed by atoms with Crippen molar-refractivity contribution >= 4 is 22.9 Å². The number of rotatable bonds is 4. The monoisotopic (exact) mass is 210 g/mol. The Bertz CT molecular complexity index is 315. The van der Waals surface area contributed by atoms with E-state index < -0.39 is 0 Å². The van der Waals surface area contributed by atoms with Crippen LogP contribution in [-0.2, 0) is 0 Å². The van der Waals surface area contributed by atoms with Crippen LogP contribution >= 0.6 is 12.2 Å². The van der Waals surface area contributed by atoms with E-state index in [1.54, 1.807) is 7.11 Å². The molecule has 4 heteroatoms. The van der Waals surface area contributed by atoms with E-state index in [1.807, 2.05) is 31.3 Å². The van der Waals surface area contributed by atoms with Crippen LogP contribution in [0.5, 0.6) is 5.75 Å². The molecule has 1 aromatic carbocycles. The Morgan fingerprint density at radius 2 is 2.14 bits per heavy atom. The molecule has 0 saturated carbocycles. The van der Waals surface area contributed by atoms with Crippen molar-refractivity contribution in [2.45, 2.75) is 0 Å². The van der Waals surface area contributed by atoms with Gasteiger partial charge in [-0.2, -0.15) is 0 Å². The van der Waals surface area contributed by atoms with Crippen LogP contribution in [0.25, 0.3) is 0 Å². The highest BCUT2D eigenvalue weighted by atomic mass is 32.1. The fourth-order valence-electron chi connectivity index (χ4n) is 1.05. The van der Waals surface area contributed by atoms with Crippen molar-refractivity contribution in [2.24, 2.45) is 0 Å². The first-order chi connectivity index (χ1) is 6.77. The number of hydrogen-bond donors (Lipinski definition) is 2. The summed E-state index contributed by atoms with van der Waals surface area (Å²) in [5, 5.41) is 6.09. The Morgan fingerprint density at radius 3 is 2.79 bits per heavy atom. The second-order valence-electron chi connectivity index (χ2n) is 2.73. The van der Waals surface area contributed by atoms with Gasteiger partial charge in [0.05, 0.1) is 24.3 Å². The number of hydrogen-bond acceptors (Lipinski definition) is 3. The van der Waals surface area contributed by atoms with Crippen LogP contribution in [0.4, 0.5) is 5.69 Å². The van der Waals surface area contributed by atoms with Crippen molar-refractivity contribution in [3.05, 3.63) is 24.3 Å². The van der Waals surface area contributed by atoms with Crippen LogP contribution in [0.15, 0.2) is 24.3 Å². The molecule has 0 saturated heterocycles. The Hall–Kier alpha value is -1.29. The summed E-state index contributed by atoms with van der Waals surface area (Å²) in [5.74, 6) is 0.825. The van der Waals surface area contributed by atoms with E-state index in [2.05, 4.69) is 10.6 Å². The fraction of sp³-hybridized carbons (Fsp3) is 0.300. The SMILES string of the molecule is CNC(=S)CNc1ccccc1OC. The van der Waals surface area contributed by atoms with Gasteiger partial charge >= 0.3 is 0 Å². The Kier molecular flexibility index (Phi) is 4.19. The quantitative estimate of drug-likeness (QED) is 0.740. The predicted octanol–water partition coefficient (Wildman–Crippen LogP) is 1.65. The molecule has 0 fully saturated rings. The number of para-hydroxylation sites is 2. The highest BCUT2D eigenvalue weighted by Gasteiger charge is 2.00. The molecular weight excluding hydrogens is 196 g/mol. The molecule has 14 heavy (non-hydrogen) atoms. The standard InChI is InChI=1S/C10H14N2OS/c1-11-10(14)7-12-8-5-3-4-6-9(8)13-2/h3-6,12H,7H2,1-2H3,(H,11,14). The van der Waals surface area contributed by atoms with Crippen molar-refractivity contribution < 1.29 is 4.74 Å². The van der Waals surface area contributed by atoms with Gasteiger partial charge in [0, 0.05) is 7.05 Å². The number of methoxy groups -OCH3 is 1. The van der Waals surface area contributed by atoms with E-state index in [-0.39, 0.29) is 0 Å². The van der Waals surface area contributed by atoms with Crippen molar-refractivity contribution in [1.82, 2.24) is 5.32 Å². The predicted molar refractivity (Wildman–Crippen MR) is 63.1 cm³/mol. The summed E-state index contributed by atoms with van der Waals surface area (Å²) in [6.07, 6.45) is 0. The molecule has 0 aromatic heterocycles. The Labute approximate surface area is 89.5 Å². The molecule has 1 rings (SSSR count). The molecule has 0 unspecified atom stereocenters. The molecule has 0 bridgehead atoms. The second kappa shape index (κ2) is 5.44. The number of nitrogens with one attached hydrogen (secondary N) is 2. The highest BCUT2D eigenvalue weighted by Crippen LogP contribution is 2.22. The molecule has 2 N–H and O–H groups in total. The molecule has 0 radical (unpaired) electrons. The zero-order valence-corrected chi connectivity index (χ0v) is 9.15. The van der Waals surface area contributed by atoms with Crippen LogP contribution in [0, 0.1) is 0 Å². The molecule has 0 amide bonds. The summed E-state index contributed by atoms with van der Waals surface area (Å²) in [4.78, 5) is 0.774. The number of benzene rings is 1. The van der Waals surface area contributed by atoms with Crippen molar-refractivity contribution in [3.8, 4) is 5.75 Å². The lowest BCUT2D eigenvalue weighted by Gasteiger charge is -2.10. The number of thiocarbonyl (C=S) groups is 1. The van der Waals surface area contributed by atoms with Gasteiger partial charge in [0.1, 0.15) is 5.75 Å². The van der Waals surface area contributed by atoms with Crippen LogP contribution in [-0.4, -0.2) is 25.7 Å². The van der Waals surface area contributed by atoms with E-state index in [9.17, 15) is 0 Å². The molecule has 0 aliphatic heterocycles. The zero-order chi connectivity index (χ0) is 10.4. The smallest absolute Gasteiger partial charge is 0.141 e. The van der Waals surface area contributed by atoms with Crippen molar-refractivity contribution in [1.29, 1.82) is 0 Å². The lowest BCUT2D eigenvalue weighted by atomic mass is 10.3. The minimum Gasteiger partial charge on any atom is -0.495 e. The maximum atomic E-state index is 5.19. The first-order valence-electron chi connectivity index (χ1n) is 4.35. The van der Waals surface area contributed by atoms with E-state index in [0.717, 1.165) is 16.4 Å². The van der Waals surface area contributed by atoms with Gasteiger partial charge in [-0.05, 0) is 12.1 Å².